The van der Waals surface area contributed by atoms with Crippen LogP contribution in [0.5, 0.6) is 11.5 Å². The van der Waals surface area contributed by atoms with Gasteiger partial charge < -0.3 is 38.6 Å². The summed E-state index contributed by atoms with van der Waals surface area (Å²) in [5, 5.41) is 10.8. The Hall–Kier alpha value is -3.76. The second-order valence-corrected chi connectivity index (χ2v) is 11.7. The lowest BCUT2D eigenvalue weighted by Crippen LogP contribution is -2.42. The number of benzene rings is 2. The highest BCUT2D eigenvalue weighted by Crippen LogP contribution is 2.33. The number of aliphatic hydroxyl groups is 1. The molecule has 43 heavy (non-hydrogen) atoms. The first-order chi connectivity index (χ1) is 20.6. The number of piperidine rings is 1. The highest BCUT2D eigenvalue weighted by Gasteiger charge is 2.29. The Kier molecular flexibility index (Phi) is 10.9. The highest BCUT2D eigenvalue weighted by atomic mass is 16.6. The highest BCUT2D eigenvalue weighted by molar-refractivity contribution is 5.69. The summed E-state index contributed by atoms with van der Waals surface area (Å²) in [6.07, 6.45) is 1.83. The van der Waals surface area contributed by atoms with E-state index in [0.29, 0.717) is 57.1 Å². The number of hydrogen-bond donors (Lipinski definition) is 1. The monoisotopic (exact) mass is 596 g/mol. The number of likely N-dealkylation sites (tertiary alicyclic amines) is 1. The molecule has 10 heteroatoms. The predicted molar refractivity (Wildman–Crippen MR) is 161 cm³/mol. The van der Waals surface area contributed by atoms with Gasteiger partial charge in [-0.15, -0.1) is 0 Å². The number of hydrogen-bond acceptors (Lipinski definition) is 8. The molecular weight excluding hydrogens is 552 g/mol. The maximum absolute atomic E-state index is 12.7. The lowest BCUT2D eigenvalue weighted by Gasteiger charge is -2.33. The molecule has 0 aliphatic carbocycles. The van der Waals surface area contributed by atoms with Crippen LogP contribution in [0.4, 0.5) is 9.59 Å². The molecule has 1 N–H and O–H groups in total. The minimum atomic E-state index is -1.14. The van der Waals surface area contributed by atoms with Gasteiger partial charge in [0.15, 0.2) is 6.29 Å². The molecule has 1 fully saturated rings. The molecule has 234 valence electrons. The van der Waals surface area contributed by atoms with Crippen molar-refractivity contribution in [3.05, 3.63) is 71.3 Å². The third kappa shape index (κ3) is 9.11. The van der Waals surface area contributed by atoms with Gasteiger partial charge in [-0.05, 0) is 75.1 Å². The number of fused-ring (bicyclic) bond motifs is 1. The molecule has 10 nitrogen and oxygen atoms in total. The Morgan fingerprint density at radius 1 is 1.05 bits per heavy atom. The van der Waals surface area contributed by atoms with Gasteiger partial charge >= 0.3 is 12.2 Å². The summed E-state index contributed by atoms with van der Waals surface area (Å²) in [7, 11) is 0. The van der Waals surface area contributed by atoms with Gasteiger partial charge in [0.1, 0.15) is 36.4 Å². The molecule has 0 radical (unpaired) electrons. The van der Waals surface area contributed by atoms with Crippen LogP contribution >= 0.6 is 0 Å². The summed E-state index contributed by atoms with van der Waals surface area (Å²) in [6.45, 7) is 13.8. The lowest BCUT2D eigenvalue weighted by molar-refractivity contribution is -0.0990. The predicted octanol–water partition coefficient (Wildman–Crippen LogP) is 5.75. The van der Waals surface area contributed by atoms with Gasteiger partial charge in [0.25, 0.3) is 0 Å². The van der Waals surface area contributed by atoms with Crippen LogP contribution in [-0.4, -0.2) is 71.6 Å². The Morgan fingerprint density at radius 2 is 1.77 bits per heavy atom. The largest absolute Gasteiger partial charge is 0.490 e. The zero-order valence-corrected chi connectivity index (χ0v) is 25.7. The maximum Gasteiger partial charge on any atom is 0.410 e. The van der Waals surface area contributed by atoms with Gasteiger partial charge in [-0.2, -0.15) is 0 Å². The van der Waals surface area contributed by atoms with Crippen LogP contribution in [0.2, 0.25) is 0 Å². The van der Waals surface area contributed by atoms with Crippen molar-refractivity contribution < 1.29 is 38.4 Å². The van der Waals surface area contributed by atoms with Crippen molar-refractivity contribution in [1.29, 1.82) is 0 Å². The summed E-state index contributed by atoms with van der Waals surface area (Å²) in [4.78, 5) is 28.1. The smallest absolute Gasteiger partial charge is 0.410 e. The minimum Gasteiger partial charge on any atom is -0.490 e. The molecule has 0 aromatic heterocycles. The third-order valence-corrected chi connectivity index (χ3v) is 7.25. The third-order valence-electron chi connectivity index (χ3n) is 7.25. The summed E-state index contributed by atoms with van der Waals surface area (Å²) < 4.78 is 28.5. The summed E-state index contributed by atoms with van der Waals surface area (Å²) >= 11 is 0. The summed E-state index contributed by atoms with van der Waals surface area (Å²) in [6, 6.07) is 11.5. The van der Waals surface area contributed by atoms with E-state index in [2.05, 4.69) is 6.58 Å². The fourth-order valence-electron chi connectivity index (χ4n) is 5.10. The van der Waals surface area contributed by atoms with Gasteiger partial charge in [0.2, 0.25) is 0 Å². The molecule has 2 aliphatic heterocycles. The Labute approximate surface area is 254 Å². The number of rotatable bonds is 10. The normalized spacial score (nSPS) is 16.2. The topological polar surface area (TPSA) is 107 Å². The van der Waals surface area contributed by atoms with Gasteiger partial charge in [0, 0.05) is 51.2 Å². The molecule has 1 saturated heterocycles. The zero-order chi connectivity index (χ0) is 31.0. The van der Waals surface area contributed by atoms with Crippen molar-refractivity contribution in [2.45, 2.75) is 78.1 Å². The first-order valence-electron chi connectivity index (χ1n) is 14.9. The Bertz CT molecular complexity index is 1250. The molecule has 2 aliphatic rings. The van der Waals surface area contributed by atoms with Crippen molar-refractivity contribution in [2.24, 2.45) is 0 Å². The van der Waals surface area contributed by atoms with Crippen molar-refractivity contribution in [3.63, 3.8) is 0 Å². The van der Waals surface area contributed by atoms with E-state index in [0.717, 1.165) is 35.3 Å². The standard InChI is InChI=1S/C33H44N2O8/c1-6-18-40-31(37)34-16-13-26(14-17-34)42-25-10-8-23(9-11-25)22-41-27-19-24-12-15-35(32(38)43-33(3,4)5)21-29(24)28(20-27)30(36)39-7-2/h6,8-11,19-20,26,30,36H,1,7,12-18,21-22H2,2-5H3. The number of carbonyl (C=O) groups excluding carboxylic acids is 2. The van der Waals surface area contributed by atoms with E-state index >= 15 is 0 Å². The van der Waals surface area contributed by atoms with E-state index in [1.54, 1.807) is 21.9 Å². The van der Waals surface area contributed by atoms with Gasteiger partial charge in [-0.3, -0.25) is 0 Å². The molecule has 0 spiro atoms. The molecular formula is C33H44N2O8. The SMILES string of the molecule is C=CCOC(=O)N1CCC(Oc2ccc(COc3cc4c(c(C(O)OCC)c3)CN(C(=O)OC(C)(C)C)CC4)cc2)CC1. The van der Waals surface area contributed by atoms with Crippen LogP contribution in [0.1, 0.15) is 69.1 Å². The number of aliphatic hydroxyl groups excluding tert-OH is 1. The molecule has 0 bridgehead atoms. The Morgan fingerprint density at radius 3 is 2.42 bits per heavy atom. The molecule has 1 unspecified atom stereocenters. The van der Waals surface area contributed by atoms with Crippen LogP contribution in [-0.2, 0) is 33.8 Å². The summed E-state index contributed by atoms with van der Waals surface area (Å²) in [5.41, 5.74) is 2.83. The van der Waals surface area contributed by atoms with Gasteiger partial charge in [-0.1, -0.05) is 24.8 Å². The van der Waals surface area contributed by atoms with Crippen LogP contribution in [0, 0.1) is 0 Å². The van der Waals surface area contributed by atoms with E-state index < -0.39 is 11.9 Å². The lowest BCUT2D eigenvalue weighted by atomic mass is 9.94. The molecule has 1 atom stereocenters. The van der Waals surface area contributed by atoms with E-state index in [1.165, 1.54) is 0 Å². The fourth-order valence-corrected chi connectivity index (χ4v) is 5.10. The zero-order valence-electron chi connectivity index (χ0n) is 25.7. The van der Waals surface area contributed by atoms with Crippen LogP contribution in [0.25, 0.3) is 0 Å². The molecule has 4 rings (SSSR count). The quantitative estimate of drug-likeness (QED) is 0.273. The molecule has 2 aromatic rings. The van der Waals surface area contributed by atoms with Gasteiger partial charge in [-0.25, -0.2) is 9.59 Å². The second kappa shape index (κ2) is 14.6. The molecule has 0 saturated carbocycles. The summed E-state index contributed by atoms with van der Waals surface area (Å²) in [5.74, 6) is 1.39. The second-order valence-electron chi connectivity index (χ2n) is 11.7. The first kappa shape index (κ1) is 32.2. The van der Waals surface area contributed by atoms with E-state index in [-0.39, 0.29) is 24.9 Å². The van der Waals surface area contributed by atoms with E-state index in [4.69, 9.17) is 23.7 Å². The fraction of sp³-hybridized carbons (Fsp3) is 0.515. The van der Waals surface area contributed by atoms with Gasteiger partial charge in [0.05, 0.1) is 0 Å². The molecule has 2 aromatic carbocycles. The maximum atomic E-state index is 12.7. The average molecular weight is 597 g/mol. The van der Waals surface area contributed by atoms with E-state index in [9.17, 15) is 14.7 Å². The van der Waals surface area contributed by atoms with Crippen LogP contribution in [0.15, 0.2) is 49.1 Å². The molecule has 2 amide bonds. The van der Waals surface area contributed by atoms with Crippen molar-refractivity contribution in [3.8, 4) is 11.5 Å². The van der Waals surface area contributed by atoms with Crippen LogP contribution in [0.3, 0.4) is 0 Å². The molecule has 2 heterocycles. The number of nitrogens with zero attached hydrogens (tertiary/aromatic N) is 2. The minimum absolute atomic E-state index is 0.0301. The number of amides is 2. The van der Waals surface area contributed by atoms with Crippen molar-refractivity contribution in [2.75, 3.05) is 32.8 Å². The van der Waals surface area contributed by atoms with Crippen molar-refractivity contribution >= 4 is 12.2 Å². The number of carbonyl (C=O) groups is 2. The van der Waals surface area contributed by atoms with Crippen LogP contribution < -0.4 is 9.47 Å². The van der Waals surface area contributed by atoms with Crippen molar-refractivity contribution in [1.82, 2.24) is 9.80 Å². The van der Waals surface area contributed by atoms with E-state index in [1.807, 2.05) is 58.0 Å². The number of ether oxygens (including phenoxy) is 5. The Balaban J connectivity index is 1.35. The average Bonchev–Trinajstić information content (AvgIpc) is 2.98. The first-order valence-corrected chi connectivity index (χ1v) is 14.9.